The second kappa shape index (κ2) is 7.78. The Kier molecular flexibility index (Phi) is 5.84. The number of amides is 1. The van der Waals surface area contributed by atoms with Gasteiger partial charge in [0.1, 0.15) is 0 Å². The first-order chi connectivity index (χ1) is 12.3. The maximum Gasteiger partial charge on any atom is 0.246 e. The molecule has 0 bridgehead atoms. The topological polar surface area (TPSA) is 49.8 Å². The van der Waals surface area contributed by atoms with Gasteiger partial charge in [-0.2, -0.15) is 0 Å². The van der Waals surface area contributed by atoms with Crippen LogP contribution in [0.15, 0.2) is 24.3 Å². The highest BCUT2D eigenvalue weighted by molar-refractivity contribution is 6.72. The van der Waals surface area contributed by atoms with E-state index in [0.29, 0.717) is 12.8 Å². The molecule has 0 aromatic heterocycles. The van der Waals surface area contributed by atoms with Crippen LogP contribution in [0.2, 0.25) is 18.6 Å². The van der Waals surface area contributed by atoms with Gasteiger partial charge in [-0.15, -0.1) is 0 Å². The minimum Gasteiger partial charge on any atom is -0.396 e. The van der Waals surface area contributed by atoms with E-state index in [4.69, 9.17) is 4.74 Å². The summed E-state index contributed by atoms with van der Waals surface area (Å²) in [5.74, 6) is 0.345. The lowest BCUT2D eigenvalue weighted by Crippen LogP contribution is -2.43. The average molecular weight is 380 g/mol. The molecule has 0 aliphatic carbocycles. The molecular formula is C20H30FNO3Si. The van der Waals surface area contributed by atoms with Crippen molar-refractivity contribution in [3.63, 3.8) is 0 Å². The van der Waals surface area contributed by atoms with E-state index < -0.39 is 8.41 Å². The van der Waals surface area contributed by atoms with E-state index in [9.17, 15) is 14.0 Å². The molecule has 1 N–H and O–H groups in total. The van der Waals surface area contributed by atoms with Gasteiger partial charge in [0, 0.05) is 30.8 Å². The minimum absolute atomic E-state index is 0.0216. The van der Waals surface area contributed by atoms with Crippen molar-refractivity contribution < 1.29 is 18.7 Å². The second-order valence-corrected chi connectivity index (χ2v) is 12.0. The Morgan fingerprint density at radius 2 is 2.08 bits per heavy atom. The van der Waals surface area contributed by atoms with Gasteiger partial charge in [0.25, 0.3) is 0 Å². The SMILES string of the molecule is C[C@@H]1[C@@H]([Si](C)(C)F)[C@H](CCO)O[C@@H]1CCc1cccc(N2CCC2=O)c1. The van der Waals surface area contributed by atoms with Crippen molar-refractivity contribution >= 4 is 20.0 Å². The van der Waals surface area contributed by atoms with Crippen LogP contribution in [0.25, 0.3) is 0 Å². The fourth-order valence-corrected chi connectivity index (χ4v) is 7.15. The molecule has 0 unspecified atom stereocenters. The number of aliphatic hydroxyl groups excluding tert-OH is 1. The van der Waals surface area contributed by atoms with Crippen LogP contribution in [0.5, 0.6) is 0 Å². The van der Waals surface area contributed by atoms with E-state index in [2.05, 4.69) is 19.1 Å². The quantitative estimate of drug-likeness (QED) is 0.447. The molecule has 2 aliphatic heterocycles. The summed E-state index contributed by atoms with van der Waals surface area (Å²) >= 11 is 0. The monoisotopic (exact) mass is 379 g/mol. The van der Waals surface area contributed by atoms with Crippen molar-refractivity contribution in [2.24, 2.45) is 5.92 Å². The summed E-state index contributed by atoms with van der Waals surface area (Å²) in [4.78, 5) is 13.4. The number of anilines is 1. The Morgan fingerprint density at radius 1 is 1.31 bits per heavy atom. The summed E-state index contributed by atoms with van der Waals surface area (Å²) in [5.41, 5.74) is 2.08. The number of hydrogen-bond donors (Lipinski definition) is 1. The van der Waals surface area contributed by atoms with Gasteiger partial charge in [-0.05, 0) is 56.0 Å². The van der Waals surface area contributed by atoms with E-state index >= 15 is 0 Å². The third-order valence-electron chi connectivity index (χ3n) is 5.90. The van der Waals surface area contributed by atoms with Crippen molar-refractivity contribution in [1.29, 1.82) is 0 Å². The number of hydrogen-bond acceptors (Lipinski definition) is 3. The number of carbonyl (C=O) groups is 1. The summed E-state index contributed by atoms with van der Waals surface area (Å²) in [6, 6.07) is 8.11. The van der Waals surface area contributed by atoms with E-state index in [1.807, 2.05) is 17.0 Å². The molecule has 1 amide bonds. The number of benzene rings is 1. The minimum atomic E-state index is -2.85. The molecule has 26 heavy (non-hydrogen) atoms. The molecule has 144 valence electrons. The molecular weight excluding hydrogens is 349 g/mol. The van der Waals surface area contributed by atoms with Crippen molar-refractivity contribution in [1.82, 2.24) is 0 Å². The predicted molar refractivity (Wildman–Crippen MR) is 104 cm³/mol. The summed E-state index contributed by atoms with van der Waals surface area (Å²) in [5, 5.41) is 9.30. The number of nitrogens with zero attached hydrogens (tertiary/aromatic N) is 1. The molecule has 2 aliphatic rings. The second-order valence-electron chi connectivity index (χ2n) is 8.18. The number of ether oxygens (including phenoxy) is 1. The summed E-state index contributed by atoms with van der Waals surface area (Å²) in [6.45, 7) is 6.43. The van der Waals surface area contributed by atoms with Crippen LogP contribution in [0.3, 0.4) is 0 Å². The summed E-state index contributed by atoms with van der Waals surface area (Å²) in [6.07, 6.45) is 2.68. The Balaban J connectivity index is 1.64. The molecule has 1 aromatic rings. The van der Waals surface area contributed by atoms with Crippen LogP contribution in [-0.4, -0.2) is 44.8 Å². The van der Waals surface area contributed by atoms with Gasteiger partial charge in [-0.25, -0.2) is 0 Å². The number of halogens is 1. The number of aryl methyl sites for hydroxylation is 1. The highest BCUT2D eigenvalue weighted by Crippen LogP contribution is 2.46. The van der Waals surface area contributed by atoms with Crippen LogP contribution in [0, 0.1) is 5.92 Å². The molecule has 4 nitrogen and oxygen atoms in total. The molecule has 2 fully saturated rings. The molecule has 1 aromatic carbocycles. The normalized spacial score (nSPS) is 29.1. The lowest BCUT2D eigenvalue weighted by atomic mass is 9.95. The molecule has 3 rings (SSSR count). The zero-order valence-electron chi connectivity index (χ0n) is 16.0. The standard InChI is InChI=1S/C20H30FNO3Si/c1-14-17(25-18(10-12-23)20(14)26(2,3)21)8-7-15-5-4-6-16(13-15)22-11-9-19(22)24/h4-6,13-14,17-18,20,23H,7-12H2,1-3H3/t14-,17+,18-,20+/m0/s1. The van der Waals surface area contributed by atoms with Gasteiger partial charge in [-0.1, -0.05) is 19.1 Å². The fourth-order valence-electron chi connectivity index (χ4n) is 4.55. The average Bonchev–Trinajstić information content (AvgIpc) is 2.88. The van der Waals surface area contributed by atoms with Crippen molar-refractivity contribution in [2.75, 3.05) is 18.1 Å². The van der Waals surface area contributed by atoms with Gasteiger partial charge in [0.05, 0.1) is 12.2 Å². The summed E-state index contributed by atoms with van der Waals surface area (Å²) < 4.78 is 21.0. The number of carbonyl (C=O) groups excluding carboxylic acids is 1. The first kappa shape index (κ1) is 19.5. The lowest BCUT2D eigenvalue weighted by molar-refractivity contribution is -0.122. The van der Waals surface area contributed by atoms with Gasteiger partial charge < -0.3 is 18.9 Å². The van der Waals surface area contributed by atoms with Crippen LogP contribution in [-0.2, 0) is 16.0 Å². The zero-order valence-corrected chi connectivity index (χ0v) is 17.0. The van der Waals surface area contributed by atoms with Crippen LogP contribution in [0.4, 0.5) is 9.80 Å². The van der Waals surface area contributed by atoms with E-state index in [1.165, 1.54) is 5.56 Å². The largest absolute Gasteiger partial charge is 0.396 e. The first-order valence-electron chi connectivity index (χ1n) is 9.66. The van der Waals surface area contributed by atoms with Crippen LogP contribution in [0.1, 0.15) is 31.7 Å². The van der Waals surface area contributed by atoms with Gasteiger partial charge in [-0.3, -0.25) is 4.79 Å². The van der Waals surface area contributed by atoms with Crippen molar-refractivity contribution in [3.05, 3.63) is 29.8 Å². The highest BCUT2D eigenvalue weighted by atomic mass is 28.4. The molecule has 2 heterocycles. The molecule has 0 radical (unpaired) electrons. The number of rotatable bonds is 7. The maximum atomic E-state index is 14.8. The first-order valence-corrected chi connectivity index (χ1v) is 12.6. The molecule has 0 saturated carbocycles. The Labute approximate surface area is 156 Å². The number of β-lactam (4-membered cyclic amide) rings is 1. The molecule has 0 spiro atoms. The zero-order chi connectivity index (χ0) is 18.9. The van der Waals surface area contributed by atoms with Crippen molar-refractivity contribution in [3.8, 4) is 0 Å². The smallest absolute Gasteiger partial charge is 0.246 e. The van der Waals surface area contributed by atoms with Crippen LogP contribution < -0.4 is 4.90 Å². The molecule has 2 saturated heterocycles. The third kappa shape index (κ3) is 4.02. The maximum absolute atomic E-state index is 14.8. The third-order valence-corrected chi connectivity index (χ3v) is 8.38. The number of aliphatic hydroxyl groups is 1. The fraction of sp³-hybridized carbons (Fsp3) is 0.650. The van der Waals surface area contributed by atoms with E-state index in [-0.39, 0.29) is 36.2 Å². The van der Waals surface area contributed by atoms with E-state index in [0.717, 1.165) is 25.1 Å². The van der Waals surface area contributed by atoms with E-state index in [1.54, 1.807) is 13.1 Å². The highest BCUT2D eigenvalue weighted by Gasteiger charge is 2.50. The Morgan fingerprint density at radius 3 is 2.65 bits per heavy atom. The lowest BCUT2D eigenvalue weighted by Gasteiger charge is -2.31. The molecule has 4 atom stereocenters. The van der Waals surface area contributed by atoms with Crippen LogP contribution >= 0.6 is 0 Å². The van der Waals surface area contributed by atoms with Gasteiger partial charge in [0.15, 0.2) is 0 Å². The summed E-state index contributed by atoms with van der Waals surface area (Å²) in [7, 11) is -2.85. The Hall–Kier alpha value is -1.24. The van der Waals surface area contributed by atoms with Gasteiger partial charge >= 0.3 is 0 Å². The Bertz CT molecular complexity index is 648. The van der Waals surface area contributed by atoms with Gasteiger partial charge in [0.2, 0.25) is 14.3 Å². The van der Waals surface area contributed by atoms with Crippen molar-refractivity contribution in [2.45, 2.75) is 63.5 Å². The predicted octanol–water partition coefficient (Wildman–Crippen LogP) is 3.69. The molecule has 6 heteroatoms.